The molecule has 0 fully saturated rings. The molecule has 0 saturated carbocycles. The van der Waals surface area contributed by atoms with Gasteiger partial charge in [-0.05, 0) is 26.3 Å². The third-order valence-electron chi connectivity index (χ3n) is 3.80. The minimum atomic E-state index is -0.242. The number of aryl methyl sites for hydroxylation is 1. The van der Waals surface area contributed by atoms with E-state index >= 15 is 0 Å². The first kappa shape index (κ1) is 19.8. The fourth-order valence-electron chi connectivity index (χ4n) is 2.22. The standard InChI is InChI=1S/C18H23ClN4O3/c1-6-10(2)20-17(24)14-7-11(3)21-18(23-14)22-13-9-15(25-4)12(19)8-16(13)26-5/h7-10H,6H2,1-5H3,(H,20,24)(H,21,22,23). The maximum atomic E-state index is 12.3. The Balaban J connectivity index is 2.34. The predicted octanol–water partition coefficient (Wildman–Crippen LogP) is 3.73. The predicted molar refractivity (Wildman–Crippen MR) is 102 cm³/mol. The van der Waals surface area contributed by atoms with Crippen LogP contribution in [-0.2, 0) is 0 Å². The van der Waals surface area contributed by atoms with E-state index in [2.05, 4.69) is 20.6 Å². The molecule has 8 heteroatoms. The van der Waals surface area contributed by atoms with Gasteiger partial charge in [0.15, 0.2) is 0 Å². The van der Waals surface area contributed by atoms with Gasteiger partial charge in [-0.1, -0.05) is 18.5 Å². The zero-order valence-corrected chi connectivity index (χ0v) is 16.3. The van der Waals surface area contributed by atoms with E-state index in [0.29, 0.717) is 33.6 Å². The third kappa shape index (κ3) is 4.76. The average molecular weight is 379 g/mol. The summed E-state index contributed by atoms with van der Waals surface area (Å²) in [5.74, 6) is 1.03. The Kier molecular flexibility index (Phi) is 6.63. The summed E-state index contributed by atoms with van der Waals surface area (Å²) >= 11 is 6.12. The highest BCUT2D eigenvalue weighted by atomic mass is 35.5. The molecule has 1 amide bonds. The molecule has 0 spiro atoms. The number of nitrogens with one attached hydrogen (secondary N) is 2. The molecule has 1 aromatic carbocycles. The Hall–Kier alpha value is -2.54. The molecule has 0 saturated heterocycles. The lowest BCUT2D eigenvalue weighted by atomic mass is 10.2. The highest BCUT2D eigenvalue weighted by molar-refractivity contribution is 6.32. The first-order valence-corrected chi connectivity index (χ1v) is 8.60. The molecule has 0 aliphatic heterocycles. The fraction of sp³-hybridized carbons (Fsp3) is 0.389. The van der Waals surface area contributed by atoms with Crippen LogP contribution in [0.25, 0.3) is 0 Å². The Morgan fingerprint density at radius 2 is 1.88 bits per heavy atom. The number of halogens is 1. The average Bonchev–Trinajstić information content (AvgIpc) is 2.62. The SMILES string of the molecule is CCC(C)NC(=O)c1cc(C)nc(Nc2cc(OC)c(Cl)cc2OC)n1. The van der Waals surface area contributed by atoms with E-state index in [0.717, 1.165) is 6.42 Å². The van der Waals surface area contributed by atoms with Gasteiger partial charge in [-0.15, -0.1) is 0 Å². The second kappa shape index (κ2) is 8.71. The number of benzene rings is 1. The number of carbonyl (C=O) groups is 1. The number of ether oxygens (including phenoxy) is 2. The van der Waals surface area contributed by atoms with Crippen LogP contribution in [0.15, 0.2) is 18.2 Å². The normalized spacial score (nSPS) is 11.6. The molecular weight excluding hydrogens is 356 g/mol. The highest BCUT2D eigenvalue weighted by Crippen LogP contribution is 2.36. The largest absolute Gasteiger partial charge is 0.495 e. The van der Waals surface area contributed by atoms with E-state index in [1.54, 1.807) is 25.1 Å². The lowest BCUT2D eigenvalue weighted by Crippen LogP contribution is -2.32. The summed E-state index contributed by atoms with van der Waals surface area (Å²) in [6.45, 7) is 5.74. The summed E-state index contributed by atoms with van der Waals surface area (Å²) in [7, 11) is 3.06. The zero-order chi connectivity index (χ0) is 19.3. The second-order valence-electron chi connectivity index (χ2n) is 5.81. The summed E-state index contributed by atoms with van der Waals surface area (Å²) in [6.07, 6.45) is 0.836. The molecular formula is C18H23ClN4O3. The molecule has 26 heavy (non-hydrogen) atoms. The van der Waals surface area contributed by atoms with Crippen molar-refractivity contribution < 1.29 is 14.3 Å². The molecule has 0 bridgehead atoms. The van der Waals surface area contributed by atoms with E-state index < -0.39 is 0 Å². The van der Waals surface area contributed by atoms with Crippen molar-refractivity contribution in [2.75, 3.05) is 19.5 Å². The van der Waals surface area contributed by atoms with Gasteiger partial charge in [0.1, 0.15) is 17.2 Å². The smallest absolute Gasteiger partial charge is 0.270 e. The van der Waals surface area contributed by atoms with Crippen molar-refractivity contribution in [2.45, 2.75) is 33.2 Å². The van der Waals surface area contributed by atoms with Gasteiger partial charge in [-0.2, -0.15) is 0 Å². The van der Waals surface area contributed by atoms with E-state index in [-0.39, 0.29) is 17.9 Å². The Labute approximate surface area is 158 Å². The van der Waals surface area contributed by atoms with Gasteiger partial charge < -0.3 is 20.1 Å². The summed E-state index contributed by atoms with van der Waals surface area (Å²) in [5.41, 5.74) is 1.53. The number of rotatable bonds is 7. The number of hydrogen-bond donors (Lipinski definition) is 2. The molecule has 2 aromatic rings. The fourth-order valence-corrected chi connectivity index (χ4v) is 2.45. The Morgan fingerprint density at radius 1 is 1.19 bits per heavy atom. The molecule has 140 valence electrons. The topological polar surface area (TPSA) is 85.4 Å². The van der Waals surface area contributed by atoms with Crippen LogP contribution in [0.5, 0.6) is 11.5 Å². The summed E-state index contributed by atoms with van der Waals surface area (Å²) < 4.78 is 10.6. The minimum Gasteiger partial charge on any atom is -0.495 e. The third-order valence-corrected chi connectivity index (χ3v) is 4.09. The van der Waals surface area contributed by atoms with Crippen LogP contribution in [0.3, 0.4) is 0 Å². The second-order valence-corrected chi connectivity index (χ2v) is 6.22. The van der Waals surface area contributed by atoms with E-state index in [1.807, 2.05) is 13.8 Å². The van der Waals surface area contributed by atoms with E-state index in [9.17, 15) is 4.79 Å². The van der Waals surface area contributed by atoms with Crippen molar-refractivity contribution in [1.29, 1.82) is 0 Å². The van der Waals surface area contributed by atoms with E-state index in [1.165, 1.54) is 14.2 Å². The van der Waals surface area contributed by atoms with Crippen LogP contribution >= 0.6 is 11.6 Å². The highest BCUT2D eigenvalue weighted by Gasteiger charge is 2.15. The lowest BCUT2D eigenvalue weighted by Gasteiger charge is -2.14. The van der Waals surface area contributed by atoms with Gasteiger partial charge in [-0.3, -0.25) is 4.79 Å². The van der Waals surface area contributed by atoms with Gasteiger partial charge in [0, 0.05) is 23.9 Å². The summed E-state index contributed by atoms with van der Waals surface area (Å²) in [6, 6.07) is 5.03. The van der Waals surface area contributed by atoms with Crippen LogP contribution in [-0.4, -0.2) is 36.1 Å². The Morgan fingerprint density at radius 3 is 2.50 bits per heavy atom. The first-order chi connectivity index (χ1) is 12.4. The number of carbonyl (C=O) groups excluding carboxylic acids is 1. The molecule has 0 aliphatic carbocycles. The first-order valence-electron chi connectivity index (χ1n) is 8.23. The van der Waals surface area contributed by atoms with Crippen molar-refractivity contribution in [2.24, 2.45) is 0 Å². The van der Waals surface area contributed by atoms with Crippen molar-refractivity contribution in [3.8, 4) is 11.5 Å². The maximum Gasteiger partial charge on any atom is 0.270 e. The quantitative estimate of drug-likeness (QED) is 0.763. The molecule has 7 nitrogen and oxygen atoms in total. The van der Waals surface area contributed by atoms with Crippen molar-refractivity contribution in [3.05, 3.63) is 34.6 Å². The van der Waals surface area contributed by atoms with E-state index in [4.69, 9.17) is 21.1 Å². The van der Waals surface area contributed by atoms with Crippen molar-refractivity contribution in [3.63, 3.8) is 0 Å². The lowest BCUT2D eigenvalue weighted by molar-refractivity contribution is 0.0934. The molecule has 2 N–H and O–H groups in total. The summed E-state index contributed by atoms with van der Waals surface area (Å²) in [4.78, 5) is 21.0. The number of hydrogen-bond acceptors (Lipinski definition) is 6. The van der Waals surface area contributed by atoms with Crippen LogP contribution < -0.4 is 20.1 Å². The molecule has 2 rings (SSSR count). The number of methoxy groups -OCH3 is 2. The molecule has 1 aromatic heterocycles. The van der Waals surface area contributed by atoms with Crippen molar-refractivity contribution >= 4 is 29.1 Å². The van der Waals surface area contributed by atoms with Gasteiger partial charge >= 0.3 is 0 Å². The molecule has 0 radical (unpaired) electrons. The Bertz CT molecular complexity index is 798. The van der Waals surface area contributed by atoms with Crippen molar-refractivity contribution in [1.82, 2.24) is 15.3 Å². The number of nitrogens with zero attached hydrogens (tertiary/aromatic N) is 2. The minimum absolute atomic E-state index is 0.0646. The maximum absolute atomic E-state index is 12.3. The number of aromatic nitrogens is 2. The van der Waals surface area contributed by atoms with Crippen LogP contribution in [0.1, 0.15) is 36.5 Å². The molecule has 1 unspecified atom stereocenters. The molecule has 1 heterocycles. The van der Waals surface area contributed by atoms with Gasteiger partial charge in [-0.25, -0.2) is 9.97 Å². The molecule has 0 aliphatic rings. The number of amides is 1. The van der Waals surface area contributed by atoms with Crippen LogP contribution in [0.2, 0.25) is 5.02 Å². The summed E-state index contributed by atoms with van der Waals surface area (Å²) in [5, 5.41) is 6.38. The van der Waals surface area contributed by atoms with Crippen LogP contribution in [0, 0.1) is 6.92 Å². The molecule has 1 atom stereocenters. The van der Waals surface area contributed by atoms with Crippen LogP contribution in [0.4, 0.5) is 11.6 Å². The number of anilines is 2. The van der Waals surface area contributed by atoms with Gasteiger partial charge in [0.2, 0.25) is 5.95 Å². The van der Waals surface area contributed by atoms with Gasteiger partial charge in [0.25, 0.3) is 5.91 Å². The monoisotopic (exact) mass is 378 g/mol. The zero-order valence-electron chi connectivity index (χ0n) is 15.5. The van der Waals surface area contributed by atoms with Gasteiger partial charge in [0.05, 0.1) is 24.9 Å².